The van der Waals surface area contributed by atoms with Crippen LogP contribution in [0.25, 0.3) is 0 Å². The van der Waals surface area contributed by atoms with Gasteiger partial charge < -0.3 is 39.7 Å². The molecule has 10 nitrogen and oxygen atoms in total. The first kappa shape index (κ1) is 32.0. The Hall–Kier alpha value is -1.92. The summed E-state index contributed by atoms with van der Waals surface area (Å²) in [5, 5.41) is 50.6. The highest BCUT2D eigenvalue weighted by Crippen LogP contribution is 2.66. The highest BCUT2D eigenvalue weighted by molar-refractivity contribution is 5.98. The van der Waals surface area contributed by atoms with Crippen LogP contribution < -0.4 is 0 Å². The van der Waals surface area contributed by atoms with Crippen molar-refractivity contribution in [2.75, 3.05) is 19.8 Å². The number of ketones is 1. The summed E-state index contributed by atoms with van der Waals surface area (Å²) in [6, 6.07) is 0. The number of ether oxygens (including phenoxy) is 3. The molecule has 0 bridgehead atoms. The Morgan fingerprint density at radius 3 is 2.52 bits per heavy atom. The summed E-state index contributed by atoms with van der Waals surface area (Å²) in [4.78, 5) is 26.5. The van der Waals surface area contributed by atoms with Crippen molar-refractivity contribution in [3.8, 4) is 0 Å². The smallest absolute Gasteiger partial charge is 0.336 e. The van der Waals surface area contributed by atoms with E-state index in [1.165, 1.54) is 5.57 Å². The lowest BCUT2D eigenvalue weighted by Gasteiger charge is -2.57. The van der Waals surface area contributed by atoms with E-state index in [1.807, 2.05) is 13.0 Å². The first-order valence-electron chi connectivity index (χ1n) is 16.3. The topological polar surface area (TPSA) is 163 Å². The highest BCUT2D eigenvalue weighted by atomic mass is 16.7. The second kappa shape index (κ2) is 12.0. The molecule has 2 heterocycles. The van der Waals surface area contributed by atoms with Gasteiger partial charge in [0.1, 0.15) is 30.5 Å². The molecule has 13 atom stereocenters. The average molecular weight is 617 g/mol. The number of hydrogen-bond donors (Lipinski definition) is 5. The monoisotopic (exact) mass is 616 g/mol. The van der Waals surface area contributed by atoms with Gasteiger partial charge in [0.2, 0.25) is 0 Å². The number of rotatable bonds is 7. The lowest BCUT2D eigenvalue weighted by molar-refractivity contribution is -0.299. The van der Waals surface area contributed by atoms with Crippen LogP contribution >= 0.6 is 0 Å². The van der Waals surface area contributed by atoms with Crippen molar-refractivity contribution in [3.05, 3.63) is 34.9 Å². The number of fused-ring (bicyclic) bond motifs is 5. The quantitative estimate of drug-likeness (QED) is 0.211. The Bertz CT molecular complexity index is 1240. The standard InChI is InChI=1S/C34H48O10/c1-17-13-25(43-31(41)21(17)16-42-32-30(40)29(39)28(38)26(15-36)44-32)20(14-35)23-10-9-22-19-8-7-18-5-4-6-27(37)34(18,3)24(19)11-12-33(22,23)2/h4,6-7,19-20,22-26,28-30,32,35-36,38-40H,5,8-16H2,1-3H3/t19-,20-,22-,23+,24-,25+,26+,28+,29-,30+,32?,33-,34-/m0/s1. The van der Waals surface area contributed by atoms with Crippen molar-refractivity contribution in [1.82, 2.24) is 0 Å². The van der Waals surface area contributed by atoms with E-state index in [9.17, 15) is 35.1 Å². The van der Waals surface area contributed by atoms with Gasteiger partial charge in [0.05, 0.1) is 24.2 Å². The number of carbonyl (C=O) groups excluding carboxylic acids is 2. The highest BCUT2D eigenvalue weighted by Gasteiger charge is 2.61. The molecule has 4 aliphatic carbocycles. The predicted octanol–water partition coefficient (Wildman–Crippen LogP) is 1.97. The first-order chi connectivity index (χ1) is 20.9. The van der Waals surface area contributed by atoms with Gasteiger partial charge in [0.15, 0.2) is 12.1 Å². The normalized spacial score (nSPS) is 46.1. The van der Waals surface area contributed by atoms with E-state index in [4.69, 9.17) is 14.2 Å². The summed E-state index contributed by atoms with van der Waals surface area (Å²) in [7, 11) is 0. The average Bonchev–Trinajstić information content (AvgIpc) is 3.34. The Balaban J connectivity index is 1.15. The molecule has 6 aliphatic rings. The van der Waals surface area contributed by atoms with Gasteiger partial charge in [-0.25, -0.2) is 4.79 Å². The Morgan fingerprint density at radius 2 is 1.82 bits per heavy atom. The minimum atomic E-state index is -1.57. The Kier molecular flexibility index (Phi) is 8.76. The lowest BCUT2D eigenvalue weighted by Crippen LogP contribution is -2.59. The number of esters is 1. The van der Waals surface area contributed by atoms with Crippen LogP contribution in [0.1, 0.15) is 65.7 Å². The molecule has 5 N–H and O–H groups in total. The first-order valence-corrected chi connectivity index (χ1v) is 16.3. The summed E-state index contributed by atoms with van der Waals surface area (Å²) in [6.45, 7) is 5.44. The minimum absolute atomic E-state index is 0.0274. The van der Waals surface area contributed by atoms with Crippen molar-refractivity contribution in [1.29, 1.82) is 0 Å². The van der Waals surface area contributed by atoms with Gasteiger partial charge >= 0.3 is 5.97 Å². The summed E-state index contributed by atoms with van der Waals surface area (Å²) >= 11 is 0. The van der Waals surface area contributed by atoms with Gasteiger partial charge in [-0.3, -0.25) is 4.79 Å². The zero-order chi connectivity index (χ0) is 31.6. The van der Waals surface area contributed by atoms with Gasteiger partial charge in [0, 0.05) is 18.9 Å². The number of aliphatic hydroxyl groups excluding tert-OH is 5. The van der Waals surface area contributed by atoms with E-state index in [2.05, 4.69) is 19.9 Å². The van der Waals surface area contributed by atoms with Crippen LogP contribution in [0.15, 0.2) is 34.9 Å². The summed E-state index contributed by atoms with van der Waals surface area (Å²) in [5.41, 5.74) is 1.89. The van der Waals surface area contributed by atoms with Crippen LogP contribution in [-0.2, 0) is 23.8 Å². The van der Waals surface area contributed by atoms with Crippen LogP contribution in [0.2, 0.25) is 0 Å². The maximum Gasteiger partial charge on any atom is 0.336 e. The van der Waals surface area contributed by atoms with E-state index < -0.39 is 54.8 Å². The Morgan fingerprint density at radius 1 is 1.05 bits per heavy atom. The van der Waals surface area contributed by atoms with Gasteiger partial charge in [0.25, 0.3) is 0 Å². The number of allylic oxidation sites excluding steroid dienone is 4. The molecular formula is C34H48O10. The zero-order valence-electron chi connectivity index (χ0n) is 25.9. The van der Waals surface area contributed by atoms with Crippen LogP contribution in [0.3, 0.4) is 0 Å². The van der Waals surface area contributed by atoms with Crippen LogP contribution in [0.4, 0.5) is 0 Å². The molecule has 0 spiro atoms. The molecule has 0 aromatic rings. The van der Waals surface area contributed by atoms with E-state index in [1.54, 1.807) is 6.08 Å². The number of hydrogen-bond acceptors (Lipinski definition) is 10. The van der Waals surface area contributed by atoms with Crippen LogP contribution in [0, 0.1) is 40.4 Å². The largest absolute Gasteiger partial charge is 0.458 e. The molecule has 244 valence electrons. The third-order valence-electron chi connectivity index (χ3n) is 12.6. The number of aliphatic hydroxyl groups is 5. The van der Waals surface area contributed by atoms with E-state index in [0.717, 1.165) is 44.1 Å². The lowest BCUT2D eigenvalue weighted by atomic mass is 9.47. The van der Waals surface area contributed by atoms with E-state index in [-0.39, 0.29) is 41.8 Å². The number of carbonyl (C=O) groups is 2. The molecule has 10 heteroatoms. The molecule has 0 radical (unpaired) electrons. The van der Waals surface area contributed by atoms with Crippen molar-refractivity contribution < 1.29 is 49.3 Å². The molecule has 1 saturated heterocycles. The third-order valence-corrected chi connectivity index (χ3v) is 12.6. The van der Waals surface area contributed by atoms with Crippen LogP contribution in [-0.4, -0.2) is 93.9 Å². The molecule has 1 unspecified atom stereocenters. The molecule has 0 aromatic heterocycles. The molecule has 0 aromatic carbocycles. The van der Waals surface area contributed by atoms with Gasteiger partial charge in [-0.1, -0.05) is 30.2 Å². The second-order valence-electron chi connectivity index (χ2n) is 14.5. The predicted molar refractivity (Wildman–Crippen MR) is 158 cm³/mol. The second-order valence-corrected chi connectivity index (χ2v) is 14.5. The van der Waals surface area contributed by atoms with Crippen LogP contribution in [0.5, 0.6) is 0 Å². The fourth-order valence-electron chi connectivity index (χ4n) is 10.1. The SMILES string of the molecule is CC1=C(COC2O[C@H](CO)[C@@H](O)[C@H](O)[C@H]2O)C(=O)O[C@@H]([C@@H](CO)[C@H]2CC[C@H]3[C@@H]4CC=C5CC=CC(=O)[C@]5(C)[C@H]4CC[C@]23C)C1. The van der Waals surface area contributed by atoms with Crippen molar-refractivity contribution >= 4 is 11.8 Å². The minimum Gasteiger partial charge on any atom is -0.458 e. The van der Waals surface area contributed by atoms with E-state index >= 15 is 0 Å². The van der Waals surface area contributed by atoms with E-state index in [0.29, 0.717) is 24.2 Å². The van der Waals surface area contributed by atoms with Gasteiger partial charge in [-0.15, -0.1) is 0 Å². The number of cyclic esters (lactones) is 1. The van der Waals surface area contributed by atoms with Gasteiger partial charge in [-0.2, -0.15) is 0 Å². The molecule has 44 heavy (non-hydrogen) atoms. The van der Waals surface area contributed by atoms with Crippen molar-refractivity contribution in [2.24, 2.45) is 40.4 Å². The molecule has 0 amide bonds. The van der Waals surface area contributed by atoms with Crippen molar-refractivity contribution in [3.63, 3.8) is 0 Å². The zero-order valence-corrected chi connectivity index (χ0v) is 25.9. The molecular weight excluding hydrogens is 568 g/mol. The third kappa shape index (κ3) is 4.96. The molecule has 3 fully saturated rings. The maximum absolute atomic E-state index is 13.3. The summed E-state index contributed by atoms with van der Waals surface area (Å²) in [6.07, 6.45) is 4.76. The summed E-state index contributed by atoms with van der Waals surface area (Å²) < 4.78 is 17.0. The molecule has 6 rings (SSSR count). The van der Waals surface area contributed by atoms with Gasteiger partial charge in [-0.05, 0) is 87.5 Å². The fourth-order valence-corrected chi connectivity index (χ4v) is 10.1. The molecule has 2 saturated carbocycles. The maximum atomic E-state index is 13.3. The van der Waals surface area contributed by atoms with Crippen molar-refractivity contribution in [2.45, 2.75) is 103 Å². The summed E-state index contributed by atoms with van der Waals surface area (Å²) in [5.74, 6) is 0.823. The molecule has 2 aliphatic heterocycles. The fraction of sp³-hybridized carbons (Fsp3) is 0.765. The Labute approximate surface area is 258 Å².